The molecule has 0 fully saturated rings. The second kappa shape index (κ2) is 17.5. The summed E-state index contributed by atoms with van der Waals surface area (Å²) in [5.74, 6) is 6.65. The van der Waals surface area contributed by atoms with Gasteiger partial charge in [0.05, 0.1) is 6.61 Å². The van der Waals surface area contributed by atoms with Gasteiger partial charge in [0.2, 0.25) is 0 Å². The van der Waals surface area contributed by atoms with E-state index in [0.29, 0.717) is 41.4 Å². The van der Waals surface area contributed by atoms with Crippen LogP contribution in [-0.2, 0) is 14.9 Å². The Labute approximate surface area is 249 Å². The molecule has 1 atom stereocenters. The molecule has 3 aromatic carbocycles. The van der Waals surface area contributed by atoms with Crippen molar-refractivity contribution in [1.82, 2.24) is 0 Å². The molecule has 0 saturated carbocycles. The first-order valence-electron chi connectivity index (χ1n) is 14.3. The Kier molecular flexibility index (Phi) is 13.8. The summed E-state index contributed by atoms with van der Waals surface area (Å²) in [5.41, 5.74) is 1.51. The zero-order valence-electron chi connectivity index (χ0n) is 24.0. The molecule has 8 nitrogen and oxygen atoms in total. The molecular formula is C33H40O8S. The lowest BCUT2D eigenvalue weighted by Crippen LogP contribution is -2.03. The average molecular weight is 597 g/mol. The molecule has 42 heavy (non-hydrogen) atoms. The van der Waals surface area contributed by atoms with E-state index < -0.39 is 21.1 Å². The van der Waals surface area contributed by atoms with E-state index in [4.69, 9.17) is 19.3 Å². The zero-order chi connectivity index (χ0) is 30.2. The van der Waals surface area contributed by atoms with Crippen molar-refractivity contribution in [3.05, 3.63) is 72.3 Å². The monoisotopic (exact) mass is 596 g/mol. The van der Waals surface area contributed by atoms with Crippen molar-refractivity contribution in [1.29, 1.82) is 0 Å². The number of hydrogen-bond acceptors (Lipinski definition) is 7. The molecule has 0 radical (unpaired) electrons. The molecule has 0 bridgehead atoms. The molecule has 0 saturated heterocycles. The molecule has 0 aliphatic rings. The summed E-state index contributed by atoms with van der Waals surface area (Å²) in [4.78, 5) is -0.400. The maximum Gasteiger partial charge on any atom is 0.298 e. The molecule has 0 amide bonds. The fourth-order valence-electron chi connectivity index (χ4n) is 4.21. The summed E-state index contributed by atoms with van der Waals surface area (Å²) >= 11 is 0. The van der Waals surface area contributed by atoms with E-state index in [1.165, 1.54) is 12.1 Å². The molecule has 0 aliphatic heterocycles. The largest absolute Gasteiger partial charge is 0.494 e. The van der Waals surface area contributed by atoms with Crippen LogP contribution in [0.4, 0.5) is 0 Å². The van der Waals surface area contributed by atoms with Gasteiger partial charge in [-0.2, -0.15) is 8.42 Å². The van der Waals surface area contributed by atoms with Crippen LogP contribution < -0.4 is 9.47 Å². The topological polar surface area (TPSA) is 123 Å². The van der Waals surface area contributed by atoms with E-state index in [1.54, 1.807) is 54.6 Å². The predicted molar refractivity (Wildman–Crippen MR) is 162 cm³/mol. The van der Waals surface area contributed by atoms with Gasteiger partial charge < -0.3 is 24.4 Å². The van der Waals surface area contributed by atoms with Gasteiger partial charge in [-0.3, -0.25) is 4.55 Å². The molecule has 0 heterocycles. The third kappa shape index (κ3) is 10.8. The van der Waals surface area contributed by atoms with Gasteiger partial charge in [-0.25, -0.2) is 0 Å². The minimum absolute atomic E-state index is 0.0377. The summed E-state index contributed by atoms with van der Waals surface area (Å²) in [7, 11) is -4.64. The van der Waals surface area contributed by atoms with E-state index >= 15 is 0 Å². The molecule has 3 rings (SSSR count). The molecule has 3 aromatic rings. The van der Waals surface area contributed by atoms with Crippen LogP contribution in [0.2, 0.25) is 0 Å². The third-order valence-corrected chi connectivity index (χ3v) is 7.34. The van der Waals surface area contributed by atoms with E-state index in [-0.39, 0.29) is 19.0 Å². The summed E-state index contributed by atoms with van der Waals surface area (Å²) in [5, 5.41) is 19.6. The average Bonchev–Trinajstić information content (AvgIpc) is 2.98. The fourth-order valence-corrected chi connectivity index (χ4v) is 4.85. The van der Waals surface area contributed by atoms with Gasteiger partial charge >= 0.3 is 0 Å². The van der Waals surface area contributed by atoms with Crippen molar-refractivity contribution in [2.75, 3.05) is 26.4 Å². The summed E-state index contributed by atoms with van der Waals surface area (Å²) < 4.78 is 51.6. The van der Waals surface area contributed by atoms with E-state index in [9.17, 15) is 18.1 Å². The number of hydrogen-bond donors (Lipinski definition) is 3. The van der Waals surface area contributed by atoms with E-state index in [0.717, 1.165) is 44.9 Å². The first-order valence-corrected chi connectivity index (χ1v) is 15.7. The highest BCUT2D eigenvalue weighted by molar-refractivity contribution is 7.86. The van der Waals surface area contributed by atoms with Crippen LogP contribution in [0.25, 0.3) is 11.1 Å². The zero-order valence-corrected chi connectivity index (χ0v) is 24.8. The van der Waals surface area contributed by atoms with Gasteiger partial charge in [0.25, 0.3) is 10.1 Å². The second-order valence-corrected chi connectivity index (χ2v) is 11.2. The normalized spacial score (nSPS) is 11.9. The molecule has 0 aromatic heterocycles. The van der Waals surface area contributed by atoms with Crippen LogP contribution in [0.1, 0.15) is 63.5 Å². The van der Waals surface area contributed by atoms with Gasteiger partial charge in [-0.05, 0) is 66.8 Å². The number of benzene rings is 3. The van der Waals surface area contributed by atoms with E-state index in [1.807, 2.05) is 0 Å². The summed E-state index contributed by atoms with van der Waals surface area (Å²) in [6, 6.07) is 18.2. The highest BCUT2D eigenvalue weighted by Crippen LogP contribution is 2.36. The minimum Gasteiger partial charge on any atom is -0.494 e. The second-order valence-electron chi connectivity index (χ2n) is 9.77. The van der Waals surface area contributed by atoms with Gasteiger partial charge in [0.1, 0.15) is 34.9 Å². The fraction of sp³-hybridized carbons (Fsp3) is 0.394. The lowest BCUT2D eigenvalue weighted by atomic mass is 9.96. The van der Waals surface area contributed by atoms with Gasteiger partial charge in [0, 0.05) is 18.8 Å². The number of aliphatic hydroxyl groups excluding tert-OH is 2. The van der Waals surface area contributed by atoms with Gasteiger partial charge in [0.15, 0.2) is 0 Å². The van der Waals surface area contributed by atoms with Crippen molar-refractivity contribution in [2.24, 2.45) is 0 Å². The molecule has 1 unspecified atom stereocenters. The van der Waals surface area contributed by atoms with Crippen LogP contribution in [0.5, 0.6) is 17.2 Å². The van der Waals surface area contributed by atoms with Crippen LogP contribution in [0, 0.1) is 11.8 Å². The van der Waals surface area contributed by atoms with E-state index in [2.05, 4.69) is 18.8 Å². The van der Waals surface area contributed by atoms with Crippen molar-refractivity contribution in [2.45, 2.75) is 62.9 Å². The summed E-state index contributed by atoms with van der Waals surface area (Å²) in [6.45, 7) is 3.67. The Bertz CT molecular complexity index is 1410. The predicted octanol–water partition coefficient (Wildman–Crippen LogP) is 6.57. The van der Waals surface area contributed by atoms with Crippen molar-refractivity contribution in [3.8, 4) is 40.2 Å². The highest BCUT2D eigenvalue weighted by atomic mass is 32.2. The number of aliphatic hydroxyl groups is 2. The first kappa shape index (κ1) is 33.1. The third-order valence-electron chi connectivity index (χ3n) is 6.47. The Hall–Kier alpha value is -3.39. The molecule has 0 aliphatic carbocycles. The Morgan fingerprint density at radius 1 is 0.857 bits per heavy atom. The van der Waals surface area contributed by atoms with Crippen molar-refractivity contribution >= 4 is 10.1 Å². The van der Waals surface area contributed by atoms with Crippen LogP contribution >= 0.6 is 0 Å². The van der Waals surface area contributed by atoms with Gasteiger partial charge in [-0.15, -0.1) is 0 Å². The smallest absolute Gasteiger partial charge is 0.298 e. The SMILES string of the molecule is CCCCOc1ccc(Oc2ccc(-c3ccccc3C(O)C#CCOCCCCCCCO)cc2S(=O)(=O)O)cc1. The molecule has 9 heteroatoms. The van der Waals surface area contributed by atoms with Crippen molar-refractivity contribution in [3.63, 3.8) is 0 Å². The lowest BCUT2D eigenvalue weighted by Gasteiger charge is -2.15. The van der Waals surface area contributed by atoms with Crippen LogP contribution in [0.15, 0.2) is 71.6 Å². The minimum atomic E-state index is -4.64. The number of rotatable bonds is 17. The molecule has 226 valence electrons. The van der Waals surface area contributed by atoms with Gasteiger partial charge in [-0.1, -0.05) is 74.8 Å². The Balaban J connectivity index is 1.71. The number of unbranched alkanes of at least 4 members (excludes halogenated alkanes) is 5. The quantitative estimate of drug-likeness (QED) is 0.0909. The molecule has 3 N–H and O–H groups in total. The van der Waals surface area contributed by atoms with Crippen LogP contribution in [0.3, 0.4) is 0 Å². The van der Waals surface area contributed by atoms with Crippen molar-refractivity contribution < 1.29 is 37.4 Å². The van der Waals surface area contributed by atoms with Crippen LogP contribution in [-0.4, -0.2) is 49.6 Å². The Morgan fingerprint density at radius 3 is 2.31 bits per heavy atom. The molecular weight excluding hydrogens is 556 g/mol. The maximum atomic E-state index is 12.3. The standard InChI is InChI=1S/C33H40O8S/c1-2-3-24-40-27-16-18-28(19-17-27)41-32-20-15-26(25-33(32)42(36,37)38)29-12-7-8-13-30(29)31(35)14-11-23-39-22-10-6-4-5-9-21-34/h7-8,12-13,15-20,25,31,34-35H,2-6,9-10,21-24H2,1H3,(H,36,37,38). The maximum absolute atomic E-state index is 12.3. The first-order chi connectivity index (χ1) is 20.3. The highest BCUT2D eigenvalue weighted by Gasteiger charge is 2.20. The summed E-state index contributed by atoms with van der Waals surface area (Å²) in [6.07, 6.45) is 5.65. The molecule has 0 spiro atoms. The lowest BCUT2D eigenvalue weighted by molar-refractivity contribution is 0.161. The Morgan fingerprint density at radius 2 is 1.57 bits per heavy atom. The number of ether oxygens (including phenoxy) is 3.